The van der Waals surface area contributed by atoms with Crippen LogP contribution in [0.5, 0.6) is 5.75 Å². The van der Waals surface area contributed by atoms with Crippen molar-refractivity contribution in [3.8, 4) is 5.75 Å². The highest BCUT2D eigenvalue weighted by Crippen LogP contribution is 2.23. The number of benzene rings is 2. The molecule has 12 nitrogen and oxygen atoms in total. The summed E-state index contributed by atoms with van der Waals surface area (Å²) in [5.41, 5.74) is 0.669. The Hall–Kier alpha value is -4.23. The van der Waals surface area contributed by atoms with Gasteiger partial charge in [-0.1, -0.05) is 48.5 Å². The van der Waals surface area contributed by atoms with E-state index in [2.05, 4.69) is 15.6 Å². The molecule has 0 saturated carbocycles. The summed E-state index contributed by atoms with van der Waals surface area (Å²) in [5.74, 6) is 0.678. The van der Waals surface area contributed by atoms with Gasteiger partial charge in [0.05, 0.1) is 43.0 Å². The molecule has 4 atom stereocenters. The number of aliphatic hydroxyl groups is 3. The van der Waals surface area contributed by atoms with Gasteiger partial charge in [0.15, 0.2) is 0 Å². The predicted octanol–water partition coefficient (Wildman–Crippen LogP) is 3.81. The molecule has 0 unspecified atom stereocenters. The van der Waals surface area contributed by atoms with E-state index >= 15 is 0 Å². The Balaban J connectivity index is 1.68. The van der Waals surface area contributed by atoms with Crippen LogP contribution >= 0.6 is 0 Å². The number of amides is 2. The van der Waals surface area contributed by atoms with Gasteiger partial charge in [0.25, 0.3) is 0 Å². The van der Waals surface area contributed by atoms with Gasteiger partial charge in [-0.15, -0.1) is 0 Å². The van der Waals surface area contributed by atoms with Gasteiger partial charge in [0.2, 0.25) is 0 Å². The van der Waals surface area contributed by atoms with E-state index in [1.54, 1.807) is 40.8 Å². The lowest BCUT2D eigenvalue weighted by Crippen LogP contribution is -2.60. The zero-order valence-corrected chi connectivity index (χ0v) is 29.1. The molecule has 268 valence electrons. The molecule has 1 heterocycles. The van der Waals surface area contributed by atoms with E-state index in [-0.39, 0.29) is 25.9 Å². The molecule has 3 aromatic rings. The maximum Gasteiger partial charge on any atom is 0.408 e. The van der Waals surface area contributed by atoms with Crippen LogP contribution in [0.25, 0.3) is 0 Å². The largest absolute Gasteiger partial charge is 0.493 e. The van der Waals surface area contributed by atoms with Gasteiger partial charge in [-0.2, -0.15) is 0 Å². The van der Waals surface area contributed by atoms with Gasteiger partial charge in [0.1, 0.15) is 11.4 Å². The van der Waals surface area contributed by atoms with Gasteiger partial charge in [-0.25, -0.2) is 9.59 Å². The fraction of sp³-hybridized carbons (Fsp3) is 0.486. The third kappa shape index (κ3) is 13.3. The Labute approximate surface area is 289 Å². The van der Waals surface area contributed by atoms with Crippen LogP contribution in [-0.4, -0.2) is 104 Å². The van der Waals surface area contributed by atoms with E-state index < -0.39 is 54.2 Å². The number of carbonyl (C=O) groups is 2. The van der Waals surface area contributed by atoms with Crippen molar-refractivity contribution >= 4 is 12.2 Å². The molecule has 0 saturated heterocycles. The Morgan fingerprint density at radius 1 is 0.857 bits per heavy atom. The molecule has 0 fully saturated rings. The summed E-state index contributed by atoms with van der Waals surface area (Å²) in [4.78, 5) is 30.5. The molecule has 2 aromatic carbocycles. The first-order valence-electron chi connectivity index (χ1n) is 16.5. The van der Waals surface area contributed by atoms with Crippen molar-refractivity contribution in [3.05, 3.63) is 95.8 Å². The molecular weight excluding hydrogens is 628 g/mol. The summed E-state index contributed by atoms with van der Waals surface area (Å²) in [5, 5.41) is 48.5. The lowest BCUT2D eigenvalue weighted by molar-refractivity contribution is -0.0183. The zero-order chi connectivity index (χ0) is 36.0. The number of rotatable bonds is 18. The van der Waals surface area contributed by atoms with Crippen molar-refractivity contribution in [1.29, 1.82) is 0 Å². The van der Waals surface area contributed by atoms with Crippen LogP contribution in [0.15, 0.2) is 79.0 Å². The van der Waals surface area contributed by atoms with Crippen LogP contribution < -0.4 is 15.4 Å². The summed E-state index contributed by atoms with van der Waals surface area (Å²) < 4.78 is 11.3. The fourth-order valence-electron chi connectivity index (χ4n) is 5.38. The van der Waals surface area contributed by atoms with E-state index in [1.165, 1.54) is 0 Å². The van der Waals surface area contributed by atoms with Gasteiger partial charge in [-0.05, 0) is 82.9 Å². The molecule has 1 aromatic heterocycles. The number of carboxylic acid groups (broad SMARTS) is 1. The standard InChI is InChI=1S/C37H52N4O8/c1-36(2,3)49-34(45)40-30(21-27-14-16-29(17-15-27)48-20-18-28-13-9-10-19-39-28)32(43)23-38-24-33(44)31(22-26-11-7-6-8-12-26)41(35(46)47)37(4,5)25-42/h6-17,19,30-33,38,42-44H,18,20-25H2,1-5H3,(H,40,45)(H,46,47)/t30-,31-,32+,33+/m0/s1. The Morgan fingerprint density at radius 3 is 2.08 bits per heavy atom. The van der Waals surface area contributed by atoms with E-state index in [0.29, 0.717) is 18.8 Å². The quantitative estimate of drug-likeness (QED) is 0.116. The topological polar surface area (TPSA) is 174 Å². The second-order valence-electron chi connectivity index (χ2n) is 13.7. The number of aliphatic hydroxyl groups excluding tert-OH is 3. The van der Waals surface area contributed by atoms with Crippen molar-refractivity contribution in [2.24, 2.45) is 0 Å². The highest BCUT2D eigenvalue weighted by Gasteiger charge is 2.39. The minimum absolute atomic E-state index is 0.0270. The number of aromatic nitrogens is 1. The Kier molecular flexibility index (Phi) is 14.8. The maximum atomic E-state index is 12.7. The highest BCUT2D eigenvalue weighted by molar-refractivity contribution is 5.68. The van der Waals surface area contributed by atoms with Gasteiger partial charge < -0.3 is 40.5 Å². The molecule has 49 heavy (non-hydrogen) atoms. The average molecular weight is 681 g/mol. The van der Waals surface area contributed by atoms with E-state index in [1.807, 2.05) is 72.8 Å². The van der Waals surface area contributed by atoms with Crippen molar-refractivity contribution in [2.45, 2.75) is 89.3 Å². The second kappa shape index (κ2) is 18.5. The maximum absolute atomic E-state index is 12.7. The first kappa shape index (κ1) is 39.2. The number of alkyl carbamates (subject to hydrolysis) is 1. The van der Waals surface area contributed by atoms with Gasteiger partial charge >= 0.3 is 12.2 Å². The normalized spacial score (nSPS) is 14.3. The van der Waals surface area contributed by atoms with Crippen LogP contribution in [0, 0.1) is 0 Å². The summed E-state index contributed by atoms with van der Waals surface area (Å²) in [6.07, 6.45) is -1.38. The van der Waals surface area contributed by atoms with Gasteiger partial charge in [-0.3, -0.25) is 9.88 Å². The van der Waals surface area contributed by atoms with Crippen molar-refractivity contribution < 1.29 is 39.5 Å². The number of nitrogens with zero attached hydrogens (tertiary/aromatic N) is 2. The van der Waals surface area contributed by atoms with Crippen LogP contribution in [0.4, 0.5) is 9.59 Å². The molecule has 0 aliphatic heterocycles. The number of nitrogens with one attached hydrogen (secondary N) is 2. The predicted molar refractivity (Wildman–Crippen MR) is 187 cm³/mol. The number of carbonyl (C=O) groups excluding carboxylic acids is 1. The van der Waals surface area contributed by atoms with Crippen molar-refractivity contribution in [1.82, 2.24) is 20.5 Å². The fourth-order valence-corrected chi connectivity index (χ4v) is 5.38. The molecule has 0 spiro atoms. The van der Waals surface area contributed by atoms with E-state index in [0.717, 1.165) is 21.7 Å². The molecule has 12 heteroatoms. The molecule has 0 aliphatic carbocycles. The van der Waals surface area contributed by atoms with E-state index in [4.69, 9.17) is 9.47 Å². The lowest BCUT2D eigenvalue weighted by Gasteiger charge is -2.43. The summed E-state index contributed by atoms with van der Waals surface area (Å²) in [6.45, 7) is 8.36. The number of ether oxygens (including phenoxy) is 2. The van der Waals surface area contributed by atoms with Crippen molar-refractivity contribution in [3.63, 3.8) is 0 Å². The minimum atomic E-state index is -1.27. The summed E-state index contributed by atoms with van der Waals surface area (Å²) in [7, 11) is 0. The summed E-state index contributed by atoms with van der Waals surface area (Å²) >= 11 is 0. The smallest absolute Gasteiger partial charge is 0.408 e. The molecule has 0 radical (unpaired) electrons. The molecule has 0 aliphatic rings. The van der Waals surface area contributed by atoms with Crippen LogP contribution in [0.3, 0.4) is 0 Å². The first-order valence-corrected chi connectivity index (χ1v) is 16.5. The SMILES string of the molecule is CC(C)(C)OC(=O)N[C@@H](Cc1ccc(OCCc2ccccn2)cc1)[C@H](O)CNC[C@@H](O)[C@H](Cc1ccccc1)N(C(=O)O)C(C)(C)CO. The number of hydrogen-bond acceptors (Lipinski definition) is 9. The minimum Gasteiger partial charge on any atom is -0.493 e. The Bertz CT molecular complexity index is 1420. The third-order valence-corrected chi connectivity index (χ3v) is 7.91. The molecule has 6 N–H and O–H groups in total. The zero-order valence-electron chi connectivity index (χ0n) is 29.1. The number of hydrogen-bond donors (Lipinski definition) is 6. The third-order valence-electron chi connectivity index (χ3n) is 7.91. The second-order valence-corrected chi connectivity index (χ2v) is 13.7. The van der Waals surface area contributed by atoms with Crippen LogP contribution in [0.2, 0.25) is 0 Å². The molecular formula is C37H52N4O8. The average Bonchev–Trinajstić information content (AvgIpc) is 3.04. The summed E-state index contributed by atoms with van der Waals surface area (Å²) in [6, 6.07) is 20.6. The first-order chi connectivity index (χ1) is 23.2. The van der Waals surface area contributed by atoms with Gasteiger partial charge in [0, 0.05) is 31.4 Å². The monoisotopic (exact) mass is 680 g/mol. The number of pyridine rings is 1. The Morgan fingerprint density at radius 2 is 1.49 bits per heavy atom. The molecule has 3 rings (SSSR count). The molecule has 2 amide bonds. The molecule has 0 bridgehead atoms. The van der Waals surface area contributed by atoms with Crippen LogP contribution in [0.1, 0.15) is 51.4 Å². The van der Waals surface area contributed by atoms with Crippen LogP contribution in [-0.2, 0) is 24.0 Å². The van der Waals surface area contributed by atoms with Crippen molar-refractivity contribution in [2.75, 3.05) is 26.3 Å². The lowest BCUT2D eigenvalue weighted by atomic mass is 9.94. The van der Waals surface area contributed by atoms with E-state index in [9.17, 15) is 30.0 Å². The highest BCUT2D eigenvalue weighted by atomic mass is 16.6.